The van der Waals surface area contributed by atoms with Crippen LogP contribution in [0.4, 0.5) is 5.69 Å². The van der Waals surface area contributed by atoms with Gasteiger partial charge in [0.2, 0.25) is 11.8 Å². The summed E-state index contributed by atoms with van der Waals surface area (Å²) >= 11 is 1.58. The Labute approximate surface area is 160 Å². The van der Waals surface area contributed by atoms with Crippen molar-refractivity contribution in [2.75, 3.05) is 24.2 Å². The Kier molecular flexibility index (Phi) is 8.22. The summed E-state index contributed by atoms with van der Waals surface area (Å²) in [5, 5.41) is 2.90. The van der Waals surface area contributed by atoms with Gasteiger partial charge in [0.25, 0.3) is 0 Å². The topological polar surface area (TPSA) is 49.4 Å². The van der Waals surface area contributed by atoms with Crippen molar-refractivity contribution >= 4 is 29.3 Å². The number of aryl methyl sites for hydroxylation is 1. The van der Waals surface area contributed by atoms with E-state index < -0.39 is 0 Å². The third-order valence-corrected chi connectivity index (χ3v) is 4.93. The first-order valence-corrected chi connectivity index (χ1v) is 10.0. The quantitative estimate of drug-likeness (QED) is 0.723. The van der Waals surface area contributed by atoms with Crippen LogP contribution in [0, 0.1) is 6.92 Å². The van der Waals surface area contributed by atoms with Crippen molar-refractivity contribution in [2.45, 2.75) is 26.0 Å². The average Bonchev–Trinajstić information content (AvgIpc) is 2.64. The normalized spacial score (nSPS) is 10.4. The molecule has 0 saturated heterocycles. The largest absolute Gasteiger partial charge is 0.333 e. The standard InChI is InChI=1S/C21H26N2O2S/c1-3-13-23(14-20(24)22-19-12-8-7-9-17(19)2)21(25)16-26-15-18-10-5-4-6-11-18/h4-12H,3,13-16H2,1-2H3,(H,22,24). The average molecular weight is 371 g/mol. The van der Waals surface area contributed by atoms with E-state index in [4.69, 9.17) is 0 Å². The summed E-state index contributed by atoms with van der Waals surface area (Å²) in [4.78, 5) is 26.5. The van der Waals surface area contributed by atoms with Gasteiger partial charge >= 0.3 is 0 Å². The number of rotatable bonds is 9. The maximum absolute atomic E-state index is 12.5. The number of nitrogens with zero attached hydrogens (tertiary/aromatic N) is 1. The van der Waals surface area contributed by atoms with Gasteiger partial charge < -0.3 is 10.2 Å². The summed E-state index contributed by atoms with van der Waals surface area (Å²) in [5.41, 5.74) is 3.00. The minimum atomic E-state index is -0.158. The molecule has 4 nitrogen and oxygen atoms in total. The van der Waals surface area contributed by atoms with E-state index in [1.807, 2.05) is 56.3 Å². The number of benzene rings is 2. The second-order valence-electron chi connectivity index (χ2n) is 6.16. The van der Waals surface area contributed by atoms with Crippen LogP contribution in [0.1, 0.15) is 24.5 Å². The molecular formula is C21H26N2O2S. The van der Waals surface area contributed by atoms with Crippen LogP contribution in [-0.2, 0) is 15.3 Å². The van der Waals surface area contributed by atoms with Gasteiger partial charge in [-0.25, -0.2) is 0 Å². The number of thioether (sulfide) groups is 1. The van der Waals surface area contributed by atoms with Gasteiger partial charge in [-0.15, -0.1) is 11.8 Å². The number of carbonyl (C=O) groups is 2. The van der Waals surface area contributed by atoms with Crippen LogP contribution < -0.4 is 5.32 Å². The Morgan fingerprint density at radius 2 is 1.73 bits per heavy atom. The lowest BCUT2D eigenvalue weighted by atomic mass is 10.2. The van der Waals surface area contributed by atoms with Crippen LogP contribution in [-0.4, -0.2) is 35.6 Å². The van der Waals surface area contributed by atoms with Gasteiger partial charge in [-0.05, 0) is 30.5 Å². The summed E-state index contributed by atoms with van der Waals surface area (Å²) in [6.07, 6.45) is 0.826. The van der Waals surface area contributed by atoms with Crippen molar-refractivity contribution in [1.82, 2.24) is 4.90 Å². The number of hydrogen-bond donors (Lipinski definition) is 1. The zero-order valence-corrected chi connectivity index (χ0v) is 16.2. The van der Waals surface area contributed by atoms with Gasteiger partial charge in [0, 0.05) is 18.0 Å². The molecule has 0 aliphatic rings. The summed E-state index contributed by atoms with van der Waals surface area (Å²) < 4.78 is 0. The Morgan fingerprint density at radius 1 is 1.04 bits per heavy atom. The lowest BCUT2D eigenvalue weighted by Crippen LogP contribution is -2.39. The van der Waals surface area contributed by atoms with Crippen LogP contribution in [0.15, 0.2) is 54.6 Å². The van der Waals surface area contributed by atoms with E-state index in [1.165, 1.54) is 5.56 Å². The smallest absolute Gasteiger partial charge is 0.244 e. The molecule has 5 heteroatoms. The van der Waals surface area contributed by atoms with Gasteiger partial charge in [-0.3, -0.25) is 9.59 Å². The second kappa shape index (κ2) is 10.7. The van der Waals surface area contributed by atoms with E-state index in [0.29, 0.717) is 12.3 Å². The van der Waals surface area contributed by atoms with Crippen molar-refractivity contribution in [2.24, 2.45) is 0 Å². The lowest BCUT2D eigenvalue weighted by Gasteiger charge is -2.21. The Bertz CT molecular complexity index is 719. The SMILES string of the molecule is CCCN(CC(=O)Nc1ccccc1C)C(=O)CSCc1ccccc1. The minimum absolute atomic E-state index is 0.00714. The van der Waals surface area contributed by atoms with Crippen LogP contribution in [0.25, 0.3) is 0 Å². The van der Waals surface area contributed by atoms with E-state index in [0.717, 1.165) is 23.4 Å². The highest BCUT2D eigenvalue weighted by atomic mass is 32.2. The molecule has 0 heterocycles. The first-order chi connectivity index (χ1) is 12.6. The Hall–Kier alpha value is -2.27. The molecule has 1 N–H and O–H groups in total. The summed E-state index contributed by atoms with van der Waals surface area (Å²) in [6, 6.07) is 17.7. The van der Waals surface area contributed by atoms with Gasteiger partial charge in [-0.1, -0.05) is 55.5 Å². The summed E-state index contributed by atoms with van der Waals surface area (Å²) in [7, 11) is 0. The molecule has 2 rings (SSSR count). The molecule has 0 aliphatic heterocycles. The summed E-state index contributed by atoms with van der Waals surface area (Å²) in [5.74, 6) is 1.02. The monoisotopic (exact) mass is 370 g/mol. The van der Waals surface area contributed by atoms with Crippen LogP contribution in [0.5, 0.6) is 0 Å². The molecule has 0 radical (unpaired) electrons. The number of nitrogens with one attached hydrogen (secondary N) is 1. The van der Waals surface area contributed by atoms with E-state index >= 15 is 0 Å². The van der Waals surface area contributed by atoms with Crippen molar-refractivity contribution in [3.05, 3.63) is 65.7 Å². The molecule has 2 amide bonds. The number of anilines is 1. The molecule has 0 fully saturated rings. The molecule has 2 aromatic rings. The van der Waals surface area contributed by atoms with Crippen LogP contribution in [0.2, 0.25) is 0 Å². The number of hydrogen-bond acceptors (Lipinski definition) is 3. The van der Waals surface area contributed by atoms with Crippen LogP contribution in [0.3, 0.4) is 0 Å². The lowest BCUT2D eigenvalue weighted by molar-refractivity contribution is -0.132. The highest BCUT2D eigenvalue weighted by Gasteiger charge is 2.17. The van der Waals surface area contributed by atoms with Crippen LogP contribution >= 0.6 is 11.8 Å². The van der Waals surface area contributed by atoms with E-state index in [1.54, 1.807) is 16.7 Å². The third kappa shape index (κ3) is 6.56. The zero-order valence-electron chi connectivity index (χ0n) is 15.4. The fraction of sp³-hybridized carbons (Fsp3) is 0.333. The molecule has 26 heavy (non-hydrogen) atoms. The molecule has 0 aliphatic carbocycles. The first kappa shape index (κ1) is 20.0. The van der Waals surface area contributed by atoms with Crippen molar-refractivity contribution < 1.29 is 9.59 Å². The number of carbonyl (C=O) groups excluding carboxylic acids is 2. The van der Waals surface area contributed by atoms with Gasteiger partial charge in [0.1, 0.15) is 0 Å². The molecule has 0 bridgehead atoms. The summed E-state index contributed by atoms with van der Waals surface area (Å²) in [6.45, 7) is 4.64. The molecule has 0 saturated carbocycles. The molecule has 138 valence electrons. The second-order valence-corrected chi connectivity index (χ2v) is 7.14. The van der Waals surface area contributed by atoms with Crippen molar-refractivity contribution in [3.63, 3.8) is 0 Å². The molecular weight excluding hydrogens is 344 g/mol. The minimum Gasteiger partial charge on any atom is -0.333 e. The Morgan fingerprint density at radius 3 is 2.42 bits per heavy atom. The number of amides is 2. The van der Waals surface area contributed by atoms with Crippen molar-refractivity contribution in [1.29, 1.82) is 0 Å². The van der Waals surface area contributed by atoms with E-state index in [2.05, 4.69) is 17.4 Å². The van der Waals surface area contributed by atoms with Crippen molar-refractivity contribution in [3.8, 4) is 0 Å². The molecule has 0 spiro atoms. The molecule has 0 unspecified atom stereocenters. The highest BCUT2D eigenvalue weighted by molar-refractivity contribution is 7.99. The maximum atomic E-state index is 12.5. The molecule has 0 aromatic heterocycles. The predicted molar refractivity (Wildman–Crippen MR) is 109 cm³/mol. The highest BCUT2D eigenvalue weighted by Crippen LogP contribution is 2.14. The fourth-order valence-electron chi connectivity index (χ4n) is 2.56. The maximum Gasteiger partial charge on any atom is 0.244 e. The molecule has 0 atom stereocenters. The Balaban J connectivity index is 1.85. The zero-order chi connectivity index (χ0) is 18.8. The number of para-hydroxylation sites is 1. The third-order valence-electron chi connectivity index (χ3n) is 3.94. The van der Waals surface area contributed by atoms with Gasteiger partial charge in [-0.2, -0.15) is 0 Å². The fourth-order valence-corrected chi connectivity index (χ4v) is 3.45. The van der Waals surface area contributed by atoms with Gasteiger partial charge in [0.15, 0.2) is 0 Å². The molecule has 2 aromatic carbocycles. The van der Waals surface area contributed by atoms with Gasteiger partial charge in [0.05, 0.1) is 12.3 Å². The van der Waals surface area contributed by atoms with E-state index in [9.17, 15) is 9.59 Å². The predicted octanol–water partition coefficient (Wildman–Crippen LogP) is 4.11. The first-order valence-electron chi connectivity index (χ1n) is 8.85. The van der Waals surface area contributed by atoms with E-state index in [-0.39, 0.29) is 18.4 Å².